The number of aryl methyl sites for hydroxylation is 3. The van der Waals surface area contributed by atoms with Gasteiger partial charge in [-0.2, -0.15) is 0 Å². The zero-order chi connectivity index (χ0) is 14.1. The summed E-state index contributed by atoms with van der Waals surface area (Å²) >= 11 is 5.10. The lowest BCUT2D eigenvalue weighted by Gasteiger charge is -2.14. The number of benzene rings is 2. The van der Waals surface area contributed by atoms with Gasteiger partial charge in [0.25, 0.3) is 0 Å². The molecule has 3 heteroatoms. The predicted octanol–water partition coefficient (Wildman–Crippen LogP) is 3.91. The van der Waals surface area contributed by atoms with Gasteiger partial charge in [0.2, 0.25) is 0 Å². The maximum atomic E-state index is 6.06. The quantitative estimate of drug-likeness (QED) is 0.867. The van der Waals surface area contributed by atoms with E-state index in [4.69, 9.17) is 22.7 Å². The zero-order valence-electron chi connectivity index (χ0n) is 11.5. The molecule has 0 heterocycles. The SMILES string of the molecule is Cc1cccc(C(N)=S)c1Oc1ccc2c(c1)CCC2. The summed E-state index contributed by atoms with van der Waals surface area (Å²) in [6, 6.07) is 12.2. The van der Waals surface area contributed by atoms with Gasteiger partial charge in [0, 0.05) is 0 Å². The van der Waals surface area contributed by atoms with E-state index < -0.39 is 0 Å². The molecule has 2 N–H and O–H groups in total. The van der Waals surface area contributed by atoms with Crippen molar-refractivity contribution in [3.63, 3.8) is 0 Å². The topological polar surface area (TPSA) is 35.2 Å². The fourth-order valence-electron chi connectivity index (χ4n) is 2.71. The summed E-state index contributed by atoms with van der Waals surface area (Å²) < 4.78 is 6.06. The Morgan fingerprint density at radius 2 is 1.95 bits per heavy atom. The van der Waals surface area contributed by atoms with Gasteiger partial charge in [-0.1, -0.05) is 30.4 Å². The first-order chi connectivity index (χ1) is 9.65. The van der Waals surface area contributed by atoms with Crippen LogP contribution in [0.15, 0.2) is 36.4 Å². The molecule has 0 radical (unpaired) electrons. The number of nitrogens with two attached hydrogens (primary N) is 1. The molecule has 1 aliphatic carbocycles. The van der Waals surface area contributed by atoms with Crippen molar-refractivity contribution < 1.29 is 4.74 Å². The molecule has 0 unspecified atom stereocenters. The molecule has 20 heavy (non-hydrogen) atoms. The molecule has 1 aliphatic rings. The molecule has 0 fully saturated rings. The lowest BCUT2D eigenvalue weighted by atomic mass is 10.1. The molecule has 0 saturated carbocycles. The number of ether oxygens (including phenoxy) is 1. The molecule has 0 saturated heterocycles. The van der Waals surface area contributed by atoms with Gasteiger partial charge >= 0.3 is 0 Å². The van der Waals surface area contributed by atoms with E-state index in [9.17, 15) is 0 Å². The summed E-state index contributed by atoms with van der Waals surface area (Å²) in [5, 5.41) is 0. The monoisotopic (exact) mass is 283 g/mol. The van der Waals surface area contributed by atoms with Crippen LogP contribution in [0, 0.1) is 6.92 Å². The standard InChI is InChI=1S/C17H17NOS/c1-11-4-2-7-15(17(18)20)16(11)19-14-9-8-12-5-3-6-13(12)10-14/h2,4,7-10H,3,5-6H2,1H3,(H2,18,20). The largest absolute Gasteiger partial charge is 0.456 e. The summed E-state index contributed by atoms with van der Waals surface area (Å²) in [5.74, 6) is 1.62. The van der Waals surface area contributed by atoms with Gasteiger partial charge in [-0.15, -0.1) is 0 Å². The van der Waals surface area contributed by atoms with Crippen LogP contribution in [0.5, 0.6) is 11.5 Å². The highest BCUT2D eigenvalue weighted by Gasteiger charge is 2.14. The second kappa shape index (κ2) is 5.25. The fraction of sp³-hybridized carbons (Fsp3) is 0.235. The van der Waals surface area contributed by atoms with Gasteiger partial charge in [-0.05, 0) is 61.1 Å². The van der Waals surface area contributed by atoms with Crippen molar-refractivity contribution in [1.82, 2.24) is 0 Å². The average molecular weight is 283 g/mol. The van der Waals surface area contributed by atoms with E-state index in [-0.39, 0.29) is 0 Å². The zero-order valence-corrected chi connectivity index (χ0v) is 12.3. The minimum Gasteiger partial charge on any atom is -0.456 e. The van der Waals surface area contributed by atoms with Crippen molar-refractivity contribution in [1.29, 1.82) is 0 Å². The van der Waals surface area contributed by atoms with Crippen LogP contribution in [0.3, 0.4) is 0 Å². The molecule has 102 valence electrons. The highest BCUT2D eigenvalue weighted by molar-refractivity contribution is 7.80. The van der Waals surface area contributed by atoms with E-state index in [1.54, 1.807) is 0 Å². The molecule has 2 aromatic rings. The lowest BCUT2D eigenvalue weighted by molar-refractivity contribution is 0.477. The third-order valence-corrected chi connectivity index (χ3v) is 3.99. The molecule has 0 bridgehead atoms. The number of thiocarbonyl (C=S) groups is 1. The molecule has 0 aromatic heterocycles. The van der Waals surface area contributed by atoms with Gasteiger partial charge in [-0.3, -0.25) is 0 Å². The summed E-state index contributed by atoms with van der Waals surface area (Å²) in [5.41, 5.74) is 10.4. The number of fused-ring (bicyclic) bond motifs is 1. The predicted molar refractivity (Wildman–Crippen MR) is 85.6 cm³/mol. The molecule has 2 nitrogen and oxygen atoms in total. The Labute approximate surface area is 124 Å². The average Bonchev–Trinajstić information content (AvgIpc) is 2.88. The molecule has 0 amide bonds. The number of hydrogen-bond acceptors (Lipinski definition) is 2. The van der Waals surface area contributed by atoms with Crippen molar-refractivity contribution in [2.45, 2.75) is 26.2 Å². The molecule has 0 spiro atoms. The van der Waals surface area contributed by atoms with Gasteiger partial charge in [-0.25, -0.2) is 0 Å². The van der Waals surface area contributed by atoms with E-state index in [0.717, 1.165) is 29.0 Å². The minimum atomic E-state index is 0.366. The van der Waals surface area contributed by atoms with Gasteiger partial charge in [0.1, 0.15) is 16.5 Å². The minimum absolute atomic E-state index is 0.366. The Kier molecular flexibility index (Phi) is 3.45. The maximum absolute atomic E-state index is 6.06. The van der Waals surface area contributed by atoms with E-state index in [2.05, 4.69) is 12.1 Å². The van der Waals surface area contributed by atoms with Crippen LogP contribution in [0.2, 0.25) is 0 Å². The second-order valence-corrected chi connectivity index (χ2v) is 5.64. The van der Waals surface area contributed by atoms with Crippen LogP contribution in [-0.2, 0) is 12.8 Å². The number of para-hydroxylation sites is 1. The van der Waals surface area contributed by atoms with Crippen LogP contribution in [-0.4, -0.2) is 4.99 Å². The lowest BCUT2D eigenvalue weighted by Crippen LogP contribution is -2.11. The van der Waals surface area contributed by atoms with E-state index in [1.165, 1.54) is 24.0 Å². The summed E-state index contributed by atoms with van der Waals surface area (Å²) in [6.07, 6.45) is 3.56. The Hall–Kier alpha value is -1.87. The Morgan fingerprint density at radius 1 is 1.15 bits per heavy atom. The van der Waals surface area contributed by atoms with Crippen LogP contribution < -0.4 is 10.5 Å². The molecule has 2 aromatic carbocycles. The van der Waals surface area contributed by atoms with Crippen molar-refractivity contribution in [3.05, 3.63) is 58.7 Å². The van der Waals surface area contributed by atoms with Crippen LogP contribution in [0.1, 0.15) is 28.7 Å². The summed E-state index contributed by atoms with van der Waals surface area (Å²) in [6.45, 7) is 2.00. The van der Waals surface area contributed by atoms with Crippen LogP contribution in [0.25, 0.3) is 0 Å². The highest BCUT2D eigenvalue weighted by Crippen LogP contribution is 2.32. The maximum Gasteiger partial charge on any atom is 0.140 e. The summed E-state index contributed by atoms with van der Waals surface area (Å²) in [4.78, 5) is 0.366. The first kappa shape index (κ1) is 13.1. The van der Waals surface area contributed by atoms with Crippen molar-refractivity contribution in [3.8, 4) is 11.5 Å². The van der Waals surface area contributed by atoms with Crippen molar-refractivity contribution in [2.75, 3.05) is 0 Å². The molecular weight excluding hydrogens is 266 g/mol. The first-order valence-corrected chi connectivity index (χ1v) is 7.25. The van der Waals surface area contributed by atoms with Crippen LogP contribution >= 0.6 is 12.2 Å². The second-order valence-electron chi connectivity index (χ2n) is 5.20. The van der Waals surface area contributed by atoms with E-state index >= 15 is 0 Å². The Balaban J connectivity index is 1.97. The first-order valence-electron chi connectivity index (χ1n) is 6.84. The number of hydrogen-bond donors (Lipinski definition) is 1. The summed E-state index contributed by atoms with van der Waals surface area (Å²) in [7, 11) is 0. The molecule has 3 rings (SSSR count). The normalized spacial score (nSPS) is 13.1. The smallest absolute Gasteiger partial charge is 0.140 e. The fourth-order valence-corrected chi connectivity index (χ4v) is 2.87. The van der Waals surface area contributed by atoms with Crippen molar-refractivity contribution >= 4 is 17.2 Å². The number of rotatable bonds is 3. The molecule has 0 atom stereocenters. The van der Waals surface area contributed by atoms with Crippen LogP contribution in [0.4, 0.5) is 0 Å². The van der Waals surface area contributed by atoms with Gasteiger partial charge in [0.15, 0.2) is 0 Å². The molecule has 0 aliphatic heterocycles. The van der Waals surface area contributed by atoms with E-state index in [1.807, 2.05) is 31.2 Å². The molecular formula is C17H17NOS. The van der Waals surface area contributed by atoms with E-state index in [0.29, 0.717) is 4.99 Å². The Bertz CT molecular complexity index is 679. The van der Waals surface area contributed by atoms with Gasteiger partial charge < -0.3 is 10.5 Å². The van der Waals surface area contributed by atoms with Crippen molar-refractivity contribution in [2.24, 2.45) is 5.73 Å². The third kappa shape index (κ3) is 2.41. The highest BCUT2D eigenvalue weighted by atomic mass is 32.1. The third-order valence-electron chi connectivity index (χ3n) is 3.77. The van der Waals surface area contributed by atoms with Gasteiger partial charge in [0.05, 0.1) is 5.56 Å². The Morgan fingerprint density at radius 3 is 2.75 bits per heavy atom.